The number of rotatable bonds is 6. The van der Waals surface area contributed by atoms with Crippen molar-refractivity contribution in [3.05, 3.63) is 23.8 Å². The fraction of sp³-hybridized carbons (Fsp3) is 0.600. The maximum Gasteiger partial charge on any atom is 0.325 e. The first-order valence-electron chi connectivity index (χ1n) is 12.3. The van der Waals surface area contributed by atoms with Crippen LogP contribution in [0.25, 0.3) is 0 Å². The van der Waals surface area contributed by atoms with E-state index in [0.29, 0.717) is 43.1 Å². The van der Waals surface area contributed by atoms with Crippen molar-refractivity contribution in [1.29, 1.82) is 0 Å². The largest absolute Gasteiger partial charge is 0.493 e. The Morgan fingerprint density at radius 2 is 1.89 bits per heavy atom. The smallest absolute Gasteiger partial charge is 0.325 e. The summed E-state index contributed by atoms with van der Waals surface area (Å²) in [7, 11) is 3.06. The first kappa shape index (κ1) is 23.4. The lowest BCUT2D eigenvalue weighted by molar-refractivity contribution is -0.149. The van der Waals surface area contributed by atoms with Crippen molar-refractivity contribution in [2.75, 3.05) is 33.9 Å². The average molecular weight is 485 g/mol. The van der Waals surface area contributed by atoms with E-state index in [1.165, 1.54) is 14.2 Å². The third-order valence-corrected chi connectivity index (χ3v) is 7.81. The maximum atomic E-state index is 13.2. The summed E-state index contributed by atoms with van der Waals surface area (Å²) in [5.74, 6) is 1.34. The normalized spacial score (nSPS) is 28.1. The molecule has 5 amide bonds. The summed E-state index contributed by atoms with van der Waals surface area (Å²) in [5, 5.41) is 2.68. The number of hydrogen-bond donors (Lipinski definition) is 1. The topological polar surface area (TPSA) is 108 Å². The van der Waals surface area contributed by atoms with Crippen LogP contribution in [-0.2, 0) is 20.9 Å². The van der Waals surface area contributed by atoms with E-state index in [1.54, 1.807) is 18.2 Å². The lowest BCUT2D eigenvalue weighted by Crippen LogP contribution is -2.61. The zero-order valence-corrected chi connectivity index (χ0v) is 20.2. The highest BCUT2D eigenvalue weighted by molar-refractivity contribution is 6.05. The number of ether oxygens (including phenoxy) is 2. The Hall–Kier alpha value is -3.30. The third kappa shape index (κ3) is 4.41. The van der Waals surface area contributed by atoms with Crippen LogP contribution in [0.3, 0.4) is 0 Å². The molecule has 0 radical (unpaired) electrons. The number of fused-ring (bicyclic) bond motifs is 4. The standard InChI is InChI=1S/C25H32N4O6/c1-34-20-7-6-15(9-21(20)35-2)12-29-24(32)18(26-25(29)33)10-23(31)27-11-16-8-17(14-27)19-4-3-5-22(30)28(19)13-16/h6-7,9,16-19H,3-5,8,10-14H2,1-2H3,(H,26,33)/t16-,17+,18+,19+/m1/s1. The number of piperidine rings is 3. The lowest BCUT2D eigenvalue weighted by Gasteiger charge is -2.52. The number of urea groups is 1. The molecule has 4 fully saturated rings. The summed E-state index contributed by atoms with van der Waals surface area (Å²) < 4.78 is 10.5. The van der Waals surface area contributed by atoms with Crippen molar-refractivity contribution in [1.82, 2.24) is 20.0 Å². The van der Waals surface area contributed by atoms with Gasteiger partial charge in [0.15, 0.2) is 11.5 Å². The van der Waals surface area contributed by atoms with E-state index >= 15 is 0 Å². The van der Waals surface area contributed by atoms with Crippen LogP contribution in [0.4, 0.5) is 4.79 Å². The molecule has 4 aliphatic rings. The van der Waals surface area contributed by atoms with E-state index in [1.807, 2.05) is 9.80 Å². The lowest BCUT2D eigenvalue weighted by atomic mass is 9.76. The number of imide groups is 1. The number of amides is 5. The molecule has 1 aromatic rings. The second-order valence-corrected chi connectivity index (χ2v) is 9.99. The van der Waals surface area contributed by atoms with Gasteiger partial charge in [-0.25, -0.2) is 4.79 Å². The van der Waals surface area contributed by atoms with Gasteiger partial charge < -0.3 is 24.6 Å². The molecule has 0 aromatic heterocycles. The zero-order valence-electron chi connectivity index (χ0n) is 20.2. The van der Waals surface area contributed by atoms with Gasteiger partial charge in [0, 0.05) is 32.1 Å². The number of nitrogens with zero attached hydrogens (tertiary/aromatic N) is 3. The molecule has 0 spiro atoms. The molecule has 10 heteroatoms. The molecule has 4 heterocycles. The molecule has 4 aliphatic heterocycles. The van der Waals surface area contributed by atoms with E-state index in [4.69, 9.17) is 9.47 Å². The molecule has 5 rings (SSSR count). The maximum absolute atomic E-state index is 13.2. The van der Waals surface area contributed by atoms with Crippen LogP contribution in [0.2, 0.25) is 0 Å². The Kier molecular flexibility index (Phi) is 6.29. The zero-order chi connectivity index (χ0) is 24.7. The minimum atomic E-state index is -0.871. The van der Waals surface area contributed by atoms with E-state index < -0.39 is 18.0 Å². The highest BCUT2D eigenvalue weighted by Crippen LogP contribution is 2.38. The summed E-state index contributed by atoms with van der Waals surface area (Å²) in [6.45, 7) is 1.99. The van der Waals surface area contributed by atoms with Crippen LogP contribution in [0.1, 0.15) is 37.7 Å². The van der Waals surface area contributed by atoms with Gasteiger partial charge in [-0.15, -0.1) is 0 Å². The third-order valence-electron chi connectivity index (χ3n) is 7.81. The Morgan fingerprint density at radius 1 is 1.09 bits per heavy atom. The molecular weight excluding hydrogens is 452 g/mol. The quantitative estimate of drug-likeness (QED) is 0.611. The number of hydrogen-bond acceptors (Lipinski definition) is 6. The molecule has 0 saturated carbocycles. The summed E-state index contributed by atoms with van der Waals surface area (Å²) in [6.07, 6.45) is 3.51. The van der Waals surface area contributed by atoms with Crippen LogP contribution in [0, 0.1) is 11.8 Å². The fourth-order valence-corrected chi connectivity index (χ4v) is 6.14. The molecule has 188 valence electrons. The Balaban J connectivity index is 1.21. The van der Waals surface area contributed by atoms with Crippen molar-refractivity contribution >= 4 is 23.8 Å². The van der Waals surface area contributed by atoms with Crippen LogP contribution >= 0.6 is 0 Å². The van der Waals surface area contributed by atoms with Crippen LogP contribution < -0.4 is 14.8 Å². The van der Waals surface area contributed by atoms with Gasteiger partial charge in [0.05, 0.1) is 27.2 Å². The predicted molar refractivity (Wildman–Crippen MR) is 125 cm³/mol. The second kappa shape index (κ2) is 9.39. The van der Waals surface area contributed by atoms with Gasteiger partial charge in [-0.05, 0) is 48.8 Å². The van der Waals surface area contributed by atoms with Gasteiger partial charge in [0.2, 0.25) is 11.8 Å². The Morgan fingerprint density at radius 3 is 2.66 bits per heavy atom. The van der Waals surface area contributed by atoms with Crippen LogP contribution in [0.5, 0.6) is 11.5 Å². The van der Waals surface area contributed by atoms with Crippen molar-refractivity contribution in [3.63, 3.8) is 0 Å². The van der Waals surface area contributed by atoms with E-state index in [2.05, 4.69) is 5.32 Å². The number of carbonyl (C=O) groups is 4. The summed E-state index contributed by atoms with van der Waals surface area (Å²) in [6, 6.07) is 4.06. The monoisotopic (exact) mass is 484 g/mol. The van der Waals surface area contributed by atoms with Crippen LogP contribution in [-0.4, -0.2) is 84.4 Å². The minimum absolute atomic E-state index is 0.0558. The highest BCUT2D eigenvalue weighted by Gasteiger charge is 2.46. The molecule has 35 heavy (non-hydrogen) atoms. The summed E-state index contributed by atoms with van der Waals surface area (Å²) in [4.78, 5) is 56.1. The van der Waals surface area contributed by atoms with Crippen molar-refractivity contribution in [2.45, 2.75) is 50.7 Å². The molecule has 1 aromatic carbocycles. The predicted octanol–water partition coefficient (Wildman–Crippen LogP) is 1.37. The summed E-state index contributed by atoms with van der Waals surface area (Å²) in [5.41, 5.74) is 0.716. The number of methoxy groups -OCH3 is 2. The fourth-order valence-electron chi connectivity index (χ4n) is 6.14. The number of likely N-dealkylation sites (tertiary alicyclic amines) is 1. The van der Waals surface area contributed by atoms with E-state index in [0.717, 1.165) is 24.2 Å². The molecule has 1 N–H and O–H groups in total. The van der Waals surface area contributed by atoms with Crippen molar-refractivity contribution < 1.29 is 28.7 Å². The van der Waals surface area contributed by atoms with Crippen LogP contribution in [0.15, 0.2) is 18.2 Å². The van der Waals surface area contributed by atoms with Gasteiger partial charge in [-0.3, -0.25) is 19.3 Å². The van der Waals surface area contributed by atoms with Gasteiger partial charge in [-0.2, -0.15) is 0 Å². The van der Waals surface area contributed by atoms with Gasteiger partial charge in [0.25, 0.3) is 5.91 Å². The second-order valence-electron chi connectivity index (χ2n) is 9.99. The molecule has 4 saturated heterocycles. The Bertz CT molecular complexity index is 1040. The minimum Gasteiger partial charge on any atom is -0.493 e. The highest BCUT2D eigenvalue weighted by atomic mass is 16.5. The van der Waals surface area contributed by atoms with E-state index in [-0.39, 0.29) is 42.7 Å². The number of nitrogens with one attached hydrogen (secondary N) is 1. The average Bonchev–Trinajstić information content (AvgIpc) is 3.11. The number of carbonyl (C=O) groups excluding carboxylic acids is 4. The molecule has 10 nitrogen and oxygen atoms in total. The number of benzene rings is 1. The molecule has 2 bridgehead atoms. The van der Waals surface area contributed by atoms with Gasteiger partial charge in [0.1, 0.15) is 6.04 Å². The van der Waals surface area contributed by atoms with Crippen molar-refractivity contribution in [2.24, 2.45) is 11.8 Å². The SMILES string of the molecule is COc1ccc(CN2C(=O)N[C@@H](CC(=O)N3C[C@H]4C[C@@H](C3)[C@@H]3CCCC(=O)N3C4)C2=O)cc1OC. The Labute approximate surface area is 204 Å². The molecule has 0 aliphatic carbocycles. The van der Waals surface area contributed by atoms with E-state index in [9.17, 15) is 19.2 Å². The first-order chi connectivity index (χ1) is 16.9. The summed E-state index contributed by atoms with van der Waals surface area (Å²) >= 11 is 0. The molecular formula is C25H32N4O6. The van der Waals surface area contributed by atoms with Gasteiger partial charge >= 0.3 is 6.03 Å². The first-order valence-corrected chi connectivity index (χ1v) is 12.3. The van der Waals surface area contributed by atoms with Crippen molar-refractivity contribution in [3.8, 4) is 11.5 Å². The molecule has 0 unspecified atom stereocenters. The van der Waals surface area contributed by atoms with Gasteiger partial charge in [-0.1, -0.05) is 6.07 Å². The molecule has 4 atom stereocenters.